The number of nitrogens with two attached hydrogens (primary N) is 2. The number of rotatable bonds is 9. The maximum Gasteiger partial charge on any atom is 0.399 e. The summed E-state index contributed by atoms with van der Waals surface area (Å²) in [5, 5.41) is 11.4. The van der Waals surface area contributed by atoms with Crippen LogP contribution in [0.15, 0.2) is 66.5 Å². The summed E-state index contributed by atoms with van der Waals surface area (Å²) in [5.41, 5.74) is 0.295. The van der Waals surface area contributed by atoms with Gasteiger partial charge < -0.3 is 20.6 Å². The number of allylic oxidation sites excluding steroid dienone is 1. The third-order valence-electron chi connectivity index (χ3n) is 6.84. The molecule has 0 saturated carbocycles. The van der Waals surface area contributed by atoms with Crippen molar-refractivity contribution in [1.82, 2.24) is 15.0 Å². The molecule has 7 nitrogen and oxygen atoms in total. The first-order valence-electron chi connectivity index (χ1n) is 13.8. The van der Waals surface area contributed by atoms with E-state index in [1.54, 1.807) is 23.9 Å². The Morgan fingerprint density at radius 3 is 2.19 bits per heavy atom. The first-order valence-corrected chi connectivity index (χ1v) is 15.5. The van der Waals surface area contributed by atoms with Gasteiger partial charge in [-0.15, -0.1) is 0 Å². The van der Waals surface area contributed by atoms with E-state index in [0.717, 1.165) is 44.2 Å². The lowest BCUT2D eigenvalue weighted by Crippen LogP contribution is -2.40. The minimum absolute atomic E-state index is 0.0684. The molecule has 254 valence electrons. The number of pyridine rings is 2. The Morgan fingerprint density at radius 1 is 1.04 bits per heavy atom. The van der Waals surface area contributed by atoms with Gasteiger partial charge >= 0.3 is 6.18 Å². The molecule has 4 aromatic rings. The minimum atomic E-state index is -5.10. The quantitative estimate of drug-likeness (QED) is 0.0964. The monoisotopic (exact) mass is 685 g/mol. The number of aliphatic hydroxyl groups is 1. The first kappa shape index (κ1) is 37.4. The maximum atomic E-state index is 15.5. The van der Waals surface area contributed by atoms with Crippen molar-refractivity contribution in [3.8, 4) is 17.0 Å². The molecule has 0 radical (unpaired) electrons. The van der Waals surface area contributed by atoms with E-state index in [4.69, 9.17) is 16.3 Å². The highest BCUT2D eigenvalue weighted by molar-refractivity contribution is 7.97. The molecular formula is C32H34F7N5O2S. The van der Waals surface area contributed by atoms with Crippen LogP contribution in [0.4, 0.5) is 30.7 Å². The van der Waals surface area contributed by atoms with Crippen LogP contribution < -0.4 is 16.3 Å². The van der Waals surface area contributed by atoms with E-state index in [0.29, 0.717) is 15.9 Å². The molecule has 0 spiro atoms. The number of halogens is 7. The zero-order valence-electron chi connectivity index (χ0n) is 26.0. The summed E-state index contributed by atoms with van der Waals surface area (Å²) in [6.45, 7) is 1.12. The van der Waals surface area contributed by atoms with Crippen LogP contribution in [0, 0.1) is 11.6 Å². The maximum absolute atomic E-state index is 15.5. The van der Waals surface area contributed by atoms with Gasteiger partial charge in [-0.1, -0.05) is 6.07 Å². The van der Waals surface area contributed by atoms with Crippen molar-refractivity contribution in [1.29, 1.82) is 0 Å². The Labute approximate surface area is 271 Å². The summed E-state index contributed by atoms with van der Waals surface area (Å²) in [5.74, 6) is 1.80. The summed E-state index contributed by atoms with van der Waals surface area (Å²) < 4.78 is 106. The Morgan fingerprint density at radius 2 is 1.66 bits per heavy atom. The van der Waals surface area contributed by atoms with E-state index in [9.17, 15) is 31.4 Å². The Bertz CT molecular complexity index is 1710. The predicted molar refractivity (Wildman–Crippen MR) is 169 cm³/mol. The molecular weight excluding hydrogens is 651 g/mol. The zero-order valence-corrected chi connectivity index (χ0v) is 26.9. The number of methoxy groups -OCH3 is 1. The van der Waals surface area contributed by atoms with E-state index in [1.165, 1.54) is 25.4 Å². The molecule has 2 aromatic heterocycles. The molecule has 1 atom stereocenters. The van der Waals surface area contributed by atoms with Crippen molar-refractivity contribution in [2.45, 2.75) is 38.0 Å². The number of nitrogens with zero attached hydrogens (tertiary/aromatic N) is 3. The Kier molecular flexibility index (Phi) is 12.1. The van der Waals surface area contributed by atoms with Gasteiger partial charge in [-0.2, -0.15) is 24.9 Å². The van der Waals surface area contributed by atoms with Crippen LogP contribution in [0.3, 0.4) is 0 Å². The Balaban J connectivity index is 0.00000192. The number of ether oxygens (including phenoxy) is 1. The molecule has 0 aliphatic rings. The lowest BCUT2D eigenvalue weighted by molar-refractivity contribution is -0.154. The minimum Gasteiger partial charge on any atom is -0.494 e. The Hall–Kier alpha value is -4.08. The number of hydrogen-bond donors (Lipinski definition) is 3. The number of aromatic nitrogens is 2. The van der Waals surface area contributed by atoms with Crippen LogP contribution in [-0.4, -0.2) is 58.9 Å². The van der Waals surface area contributed by atoms with Gasteiger partial charge in [-0.25, -0.2) is 28.4 Å². The number of thioether (sulfide) groups is 1. The van der Waals surface area contributed by atoms with Gasteiger partial charge in [0.1, 0.15) is 34.4 Å². The van der Waals surface area contributed by atoms with Gasteiger partial charge in [0.25, 0.3) is 6.43 Å². The van der Waals surface area contributed by atoms with Crippen molar-refractivity contribution in [3.05, 3.63) is 94.9 Å². The van der Waals surface area contributed by atoms with Crippen molar-refractivity contribution < 1.29 is 40.6 Å². The SMILES string of the molecule is COc1cc(/C(=C(/N)C(F)F)N(N)CC(c2cc(C(C)(C)O)c(F)c(-c3ccc(F)cc3)n2)C(F)(F)F)cc2cccnc12.CSC. The average Bonchev–Trinajstić information content (AvgIpc) is 2.99. The zero-order chi connectivity index (χ0) is 35.3. The number of fused-ring (bicyclic) bond motifs is 1. The van der Waals surface area contributed by atoms with Crippen LogP contribution in [0.25, 0.3) is 27.9 Å². The third-order valence-corrected chi connectivity index (χ3v) is 6.84. The summed E-state index contributed by atoms with van der Waals surface area (Å²) in [6, 6.07) is 10.7. The largest absolute Gasteiger partial charge is 0.494 e. The molecule has 4 rings (SSSR count). The van der Waals surface area contributed by atoms with Gasteiger partial charge in [-0.3, -0.25) is 4.98 Å². The highest BCUT2D eigenvalue weighted by Crippen LogP contribution is 2.40. The molecule has 1 unspecified atom stereocenters. The van der Waals surface area contributed by atoms with E-state index >= 15 is 4.39 Å². The summed E-state index contributed by atoms with van der Waals surface area (Å²) in [4.78, 5) is 8.09. The second kappa shape index (κ2) is 15.2. The molecule has 0 aliphatic heterocycles. The van der Waals surface area contributed by atoms with Gasteiger partial charge in [0.05, 0.1) is 30.6 Å². The topological polar surface area (TPSA) is 111 Å². The van der Waals surface area contributed by atoms with Crippen molar-refractivity contribution in [2.75, 3.05) is 26.2 Å². The lowest BCUT2D eigenvalue weighted by atomic mass is 9.92. The summed E-state index contributed by atoms with van der Waals surface area (Å²) in [6.07, 6.45) is -2.86. The van der Waals surface area contributed by atoms with E-state index in [2.05, 4.69) is 9.97 Å². The van der Waals surface area contributed by atoms with Gasteiger partial charge in [-0.05, 0) is 74.9 Å². The second-order valence-corrected chi connectivity index (χ2v) is 11.7. The normalized spacial score (nSPS) is 13.2. The van der Waals surface area contributed by atoms with E-state index in [1.807, 2.05) is 12.5 Å². The van der Waals surface area contributed by atoms with E-state index < -0.39 is 70.6 Å². The number of hydrogen-bond acceptors (Lipinski definition) is 8. The molecule has 0 aliphatic carbocycles. The van der Waals surface area contributed by atoms with Crippen molar-refractivity contribution in [3.63, 3.8) is 0 Å². The van der Waals surface area contributed by atoms with Crippen molar-refractivity contribution in [2.24, 2.45) is 11.6 Å². The fraction of sp³-hybridized carbons (Fsp3) is 0.312. The highest BCUT2D eigenvalue weighted by Gasteiger charge is 2.44. The fourth-order valence-corrected chi connectivity index (χ4v) is 4.68. The predicted octanol–water partition coefficient (Wildman–Crippen LogP) is 7.20. The van der Waals surface area contributed by atoms with E-state index in [-0.39, 0.29) is 16.9 Å². The van der Waals surface area contributed by atoms with Gasteiger partial charge in [0, 0.05) is 28.3 Å². The molecule has 47 heavy (non-hydrogen) atoms. The van der Waals surface area contributed by atoms with Crippen molar-refractivity contribution >= 4 is 28.4 Å². The molecule has 2 heterocycles. The van der Waals surface area contributed by atoms with Crippen LogP contribution in [0.1, 0.15) is 36.6 Å². The van der Waals surface area contributed by atoms with Crippen LogP contribution in [-0.2, 0) is 5.60 Å². The smallest absolute Gasteiger partial charge is 0.399 e. The second-order valence-electron chi connectivity index (χ2n) is 10.8. The van der Waals surface area contributed by atoms with Crippen LogP contribution in [0.5, 0.6) is 5.75 Å². The molecule has 0 fully saturated rings. The highest BCUT2D eigenvalue weighted by atomic mass is 32.2. The average molecular weight is 686 g/mol. The first-order chi connectivity index (χ1) is 21.9. The standard InChI is InChI=1S/C30H28F7N5O2.C2H6S/c1-29(2,43)19-13-21(41-26(23(19)32)15-6-8-18(31)9-7-15)20(30(35,36)37)14-42(39)27(24(38)28(33)34)17-11-16-5-4-10-40-25(16)22(12-17)44-3;1-3-2/h4-13,20,28,43H,14,38-39H2,1-3H3;1-2H3/b27-24-;. The third kappa shape index (κ3) is 8.84. The number of benzene rings is 2. The molecule has 2 aromatic carbocycles. The molecule has 0 bridgehead atoms. The lowest BCUT2D eigenvalue weighted by Gasteiger charge is -2.31. The summed E-state index contributed by atoms with van der Waals surface area (Å²) >= 11 is 1.75. The molecule has 0 saturated heterocycles. The van der Waals surface area contributed by atoms with Gasteiger partial charge in [0.2, 0.25) is 0 Å². The number of alkyl halides is 5. The summed E-state index contributed by atoms with van der Waals surface area (Å²) in [7, 11) is 1.30. The molecule has 0 amide bonds. The van der Waals surface area contributed by atoms with Crippen LogP contribution in [0.2, 0.25) is 0 Å². The fourth-order valence-electron chi connectivity index (χ4n) is 4.68. The molecule has 15 heteroatoms. The van der Waals surface area contributed by atoms with Gasteiger partial charge in [0.15, 0.2) is 5.82 Å². The number of hydrazine groups is 1. The van der Waals surface area contributed by atoms with Crippen LogP contribution >= 0.6 is 11.8 Å². The molecule has 5 N–H and O–H groups in total.